The Labute approximate surface area is 103 Å². The Balaban J connectivity index is -0.00000000378. The molecule has 0 aromatic carbocycles. The van der Waals surface area contributed by atoms with E-state index >= 15 is 0 Å². The van der Waals surface area contributed by atoms with Crippen LogP contribution in [0.3, 0.4) is 0 Å². The van der Waals surface area contributed by atoms with Crippen molar-refractivity contribution >= 4 is 8.98 Å². The monoisotopic (exact) mass is 214 g/mol. The second-order valence-corrected chi connectivity index (χ2v) is 0. The number of nitrogens with zero attached hydrogens (tertiary/aromatic N) is 1. The van der Waals surface area contributed by atoms with Gasteiger partial charge in [-0.05, 0) is 0 Å². The fraction of sp³-hybridized carbons (Fsp3) is 1.00. The molecule has 0 spiro atoms. The van der Waals surface area contributed by atoms with Crippen molar-refractivity contribution in [2.24, 2.45) is 0 Å². The van der Waals surface area contributed by atoms with Gasteiger partial charge in [-0.1, -0.05) is 14.9 Å². The molecule has 0 atom stereocenters. The number of hydrogen-bond donors (Lipinski definition) is 0. The van der Waals surface area contributed by atoms with Crippen LogP contribution in [-0.2, 0) is 0 Å². The van der Waals surface area contributed by atoms with Crippen LogP contribution in [-0.4, -0.2) is 1.28 Å². The Morgan fingerprint density at radius 1 is 1.10 bits per heavy atom. The smallest absolute Gasteiger partial charge is 0.786 e. The molecule has 0 aromatic rings. The Bertz CT molecular complexity index is 32.0. The predicted octanol–water partition coefficient (Wildman–Crippen LogP) is 0.992. The fourth-order valence-electron chi connectivity index (χ4n) is 0. The number of hydrogen-bond acceptors (Lipinski definition) is 0. The molecule has 0 aromatic heterocycles. The molecule has 0 amide bonds. The van der Waals surface area contributed by atoms with Crippen molar-refractivity contribution in [3.8, 4) is 0 Å². The molecule has 0 saturated carbocycles. The molecule has 0 aliphatic carbocycles. The van der Waals surface area contributed by atoms with Crippen molar-refractivity contribution in [2.75, 3.05) is 0 Å². The summed E-state index contributed by atoms with van der Waals surface area (Å²) in [4.78, 5) is 0. The van der Waals surface area contributed by atoms with Crippen LogP contribution in [0.5, 0.6) is 0 Å². The van der Waals surface area contributed by atoms with E-state index in [9.17, 15) is 0 Å². The number of halogens is 5. The van der Waals surface area contributed by atoms with Gasteiger partial charge in [0.1, 0.15) is 0 Å². The van der Waals surface area contributed by atoms with Crippen LogP contribution in [0.2, 0.25) is 0 Å². The van der Waals surface area contributed by atoms with E-state index in [0.29, 0.717) is 0 Å². The van der Waals surface area contributed by atoms with Crippen LogP contribution in [0.1, 0.15) is 14.9 Å². The van der Waals surface area contributed by atoms with Gasteiger partial charge in [0.2, 0.25) is 0 Å². The van der Waals surface area contributed by atoms with Gasteiger partial charge in [0, 0.05) is 18.3 Å². The zero-order valence-electron chi connectivity index (χ0n) is 4.81. The zero-order valence-corrected chi connectivity index (χ0v) is 7.83. The van der Waals surface area contributed by atoms with Crippen LogP contribution in [0.25, 0.3) is 5.16 Å². The van der Waals surface area contributed by atoms with Crippen LogP contribution in [0, 0.1) is 0 Å². The van der Waals surface area contributed by atoms with E-state index in [1.54, 1.807) is 0 Å². The van der Waals surface area contributed by atoms with E-state index in [-0.39, 0.29) is 79.9 Å². The third-order valence-electron chi connectivity index (χ3n) is 0. The second-order valence-electron chi connectivity index (χ2n) is 0. The second kappa shape index (κ2) is 476. The summed E-state index contributed by atoms with van der Waals surface area (Å²) < 4.78 is 37.7. The molecule has 0 aliphatic heterocycles. The number of rotatable bonds is 0. The minimum atomic E-state index is -0.333. The topological polar surface area (TPSA) is 22.3 Å². The molecule has 1 nitrogen and oxygen atoms in total. The summed E-state index contributed by atoms with van der Waals surface area (Å²) in [7, 11) is -0.333. The normalized spacial score (nSPS) is 3.40. The maximum absolute atomic E-state index is 8.00. The molecule has 0 N–H and O–H groups in total. The fourth-order valence-corrected chi connectivity index (χ4v) is 0. The van der Waals surface area contributed by atoms with Crippen LogP contribution in [0.15, 0.2) is 0 Å². The van der Waals surface area contributed by atoms with Gasteiger partial charge in [0.25, 0.3) is 0 Å². The van der Waals surface area contributed by atoms with E-state index in [1.165, 1.54) is 0 Å². The summed E-state index contributed by atoms with van der Waals surface area (Å²) in [6.45, 7) is 0. The maximum atomic E-state index is 8.00. The van der Waals surface area contributed by atoms with Crippen molar-refractivity contribution in [1.82, 2.24) is 0 Å². The van der Waals surface area contributed by atoms with Gasteiger partial charge < -0.3 is 5.16 Å². The van der Waals surface area contributed by atoms with E-state index in [2.05, 4.69) is 0 Å². The van der Waals surface area contributed by atoms with Gasteiger partial charge in [0.05, 0.1) is 1.28 Å². The van der Waals surface area contributed by atoms with Crippen LogP contribution < -0.4 is 51.4 Å². The Kier molecular flexibility index (Phi) is 2020. The van der Waals surface area contributed by atoms with Gasteiger partial charge in [0.15, 0.2) is 0 Å². The molecule has 0 bridgehead atoms. The van der Waals surface area contributed by atoms with Crippen molar-refractivity contribution in [2.45, 2.75) is 14.9 Å². The average Bonchev–Trinajstić information content (AvgIpc) is 1.78. The van der Waals surface area contributed by atoms with Gasteiger partial charge >= 0.3 is 51.4 Å². The van der Waals surface area contributed by atoms with Gasteiger partial charge in [-0.3, -0.25) is 13.7 Å². The predicted molar refractivity (Wildman–Crippen MR) is 32.1 cm³/mol. The first-order chi connectivity index (χ1) is 3.41. The molecule has 10 heavy (non-hydrogen) atoms. The molecule has 0 saturated heterocycles. The summed E-state index contributed by atoms with van der Waals surface area (Å²) in [6.07, 6.45) is 0. The molecule has 0 aliphatic rings. The molecule has 0 radical (unpaired) electrons. The Morgan fingerprint density at radius 3 is 1.10 bits per heavy atom. The molecule has 8 heteroatoms. The van der Waals surface area contributed by atoms with Gasteiger partial charge in [-0.25, -0.2) is 0 Å². The third kappa shape index (κ3) is 343. The molecular weight excluding hydrogens is 203 g/mol. The third-order valence-corrected chi connectivity index (χ3v) is 0. The van der Waals surface area contributed by atoms with Crippen molar-refractivity contribution in [3.05, 3.63) is 5.16 Å². The van der Waals surface area contributed by atoms with E-state index in [4.69, 9.17) is 24.7 Å². The molecule has 0 rings (SSSR count). The van der Waals surface area contributed by atoms with Crippen molar-refractivity contribution < 1.29 is 74.4 Å². The summed E-state index contributed by atoms with van der Waals surface area (Å²) in [5.41, 5.74) is 0. The van der Waals surface area contributed by atoms with E-state index in [0.717, 1.165) is 0 Å². The molecular formula is C2H10F5KNP. The standard InChI is InChI=1S/2CH4.2F2.FH.K.HNP/c;;2*1-2;;;1-2/h2*1H4;;;1H;;2H/q;;;;;+1;-1/i;;;;;;2D. The molecule has 0 heterocycles. The molecule has 0 unspecified atom stereocenters. The summed E-state index contributed by atoms with van der Waals surface area (Å²) in [5, 5.41) is 7.21. The first kappa shape index (κ1) is 42.3. The summed E-state index contributed by atoms with van der Waals surface area (Å²) in [6, 6.07) is 0. The Morgan fingerprint density at radius 2 is 1.10 bits per heavy atom. The first-order valence-corrected chi connectivity index (χ1v) is 0.886. The first-order valence-electron chi connectivity index (χ1n) is 0.933. The minimum absolute atomic E-state index is 0. The Hall–Kier alpha value is 1.39. The SMILES string of the molecule is C.C.F.FF.FF.[2H]P=[N-].[K+]. The quantitative estimate of drug-likeness (QED) is 0.326. The van der Waals surface area contributed by atoms with Crippen LogP contribution in [0.4, 0.5) is 23.0 Å². The van der Waals surface area contributed by atoms with Gasteiger partial charge in [-0.2, -0.15) is 0 Å². The largest absolute Gasteiger partial charge is 1.00 e. The summed E-state index contributed by atoms with van der Waals surface area (Å²) in [5.74, 6) is 0. The van der Waals surface area contributed by atoms with Crippen molar-refractivity contribution in [3.63, 3.8) is 0 Å². The molecule has 64 valence electrons. The maximum Gasteiger partial charge on any atom is 1.00 e. The average molecular weight is 214 g/mol. The van der Waals surface area contributed by atoms with E-state index in [1.807, 2.05) is 0 Å². The van der Waals surface area contributed by atoms with E-state index < -0.39 is 0 Å². The van der Waals surface area contributed by atoms with Crippen molar-refractivity contribution in [1.29, 1.82) is 1.28 Å². The van der Waals surface area contributed by atoms with Gasteiger partial charge in [-0.15, -0.1) is 0 Å². The zero-order chi connectivity index (χ0) is 6.71. The van der Waals surface area contributed by atoms with Crippen LogP contribution >= 0.6 is 8.98 Å². The summed E-state index contributed by atoms with van der Waals surface area (Å²) >= 11 is 0. The molecule has 0 fully saturated rings. The minimum Gasteiger partial charge on any atom is -0.786 e.